The van der Waals surface area contributed by atoms with Gasteiger partial charge in [-0.05, 0) is 67.6 Å². The fourth-order valence-corrected chi connectivity index (χ4v) is 3.85. The SMILES string of the molecule is COC(=O)C(C)N1C(=O)S/C(=C\c2cc(C)n(-c3ccc(OC)cc3)c2)C1=O. The van der Waals surface area contributed by atoms with Crippen molar-refractivity contribution in [2.75, 3.05) is 14.2 Å². The fraction of sp³-hybridized carbons (Fsp3) is 0.250. The number of benzene rings is 1. The molecule has 1 aromatic heterocycles. The van der Waals surface area contributed by atoms with Crippen LogP contribution in [-0.4, -0.2) is 46.8 Å². The molecule has 2 amide bonds. The van der Waals surface area contributed by atoms with Crippen molar-refractivity contribution < 1.29 is 23.9 Å². The predicted octanol–water partition coefficient (Wildman–Crippen LogP) is 3.39. The first-order chi connectivity index (χ1) is 13.3. The molecule has 0 spiro atoms. The second-order valence-electron chi connectivity index (χ2n) is 6.23. The van der Waals surface area contributed by atoms with Gasteiger partial charge in [0.2, 0.25) is 0 Å². The molecular weight excluding hydrogens is 380 g/mol. The highest BCUT2D eigenvalue weighted by atomic mass is 32.2. The number of carbonyl (C=O) groups is 3. The van der Waals surface area contributed by atoms with E-state index in [0.717, 1.165) is 39.4 Å². The monoisotopic (exact) mass is 400 g/mol. The minimum absolute atomic E-state index is 0.271. The number of imide groups is 1. The Bertz CT molecular complexity index is 961. The third-order valence-corrected chi connectivity index (χ3v) is 5.32. The first-order valence-electron chi connectivity index (χ1n) is 8.54. The topological polar surface area (TPSA) is 77.8 Å². The second kappa shape index (κ2) is 7.93. The van der Waals surface area contributed by atoms with Gasteiger partial charge < -0.3 is 14.0 Å². The van der Waals surface area contributed by atoms with Gasteiger partial charge in [0.25, 0.3) is 11.1 Å². The van der Waals surface area contributed by atoms with Gasteiger partial charge in [0.1, 0.15) is 11.8 Å². The molecule has 0 saturated carbocycles. The predicted molar refractivity (Wildman–Crippen MR) is 106 cm³/mol. The number of esters is 1. The number of rotatable bonds is 5. The number of carbonyl (C=O) groups excluding carboxylic acids is 3. The Morgan fingerprint density at radius 1 is 1.18 bits per heavy atom. The van der Waals surface area contributed by atoms with Crippen LogP contribution in [0.15, 0.2) is 41.4 Å². The van der Waals surface area contributed by atoms with Gasteiger partial charge in [-0.15, -0.1) is 0 Å². The lowest BCUT2D eigenvalue weighted by molar-refractivity contribution is -0.148. The summed E-state index contributed by atoms with van der Waals surface area (Å²) in [5, 5.41) is -0.486. The van der Waals surface area contributed by atoms with Crippen LogP contribution in [0.4, 0.5) is 4.79 Å². The summed E-state index contributed by atoms with van der Waals surface area (Å²) in [5.41, 5.74) is 2.70. The van der Waals surface area contributed by atoms with Crippen molar-refractivity contribution in [3.05, 3.63) is 52.7 Å². The molecule has 0 radical (unpaired) electrons. The largest absolute Gasteiger partial charge is 0.497 e. The normalized spacial score (nSPS) is 16.6. The van der Waals surface area contributed by atoms with Crippen LogP contribution in [-0.2, 0) is 14.3 Å². The van der Waals surface area contributed by atoms with Gasteiger partial charge in [-0.25, -0.2) is 4.79 Å². The number of amides is 2. The molecule has 3 rings (SSSR count). The third kappa shape index (κ3) is 3.68. The van der Waals surface area contributed by atoms with Crippen LogP contribution < -0.4 is 4.74 Å². The van der Waals surface area contributed by atoms with Crippen LogP contribution in [0, 0.1) is 6.92 Å². The van der Waals surface area contributed by atoms with Crippen LogP contribution in [0.3, 0.4) is 0 Å². The van der Waals surface area contributed by atoms with Crippen molar-refractivity contribution in [1.82, 2.24) is 9.47 Å². The number of hydrogen-bond acceptors (Lipinski definition) is 6. The van der Waals surface area contributed by atoms with Crippen molar-refractivity contribution in [3.63, 3.8) is 0 Å². The van der Waals surface area contributed by atoms with E-state index in [0.29, 0.717) is 0 Å². The molecule has 0 aliphatic carbocycles. The maximum Gasteiger partial charge on any atom is 0.328 e. The minimum Gasteiger partial charge on any atom is -0.497 e. The molecule has 1 fully saturated rings. The average molecular weight is 400 g/mol. The first kappa shape index (κ1) is 19.8. The summed E-state index contributed by atoms with van der Waals surface area (Å²) in [4.78, 5) is 37.7. The molecule has 2 aromatic rings. The number of aromatic nitrogens is 1. The van der Waals surface area contributed by atoms with Crippen LogP contribution in [0.5, 0.6) is 5.75 Å². The number of nitrogens with zero attached hydrogens (tertiary/aromatic N) is 2. The lowest BCUT2D eigenvalue weighted by atomic mass is 10.2. The first-order valence-corrected chi connectivity index (χ1v) is 9.35. The van der Waals surface area contributed by atoms with E-state index in [1.165, 1.54) is 14.0 Å². The highest BCUT2D eigenvalue weighted by Gasteiger charge is 2.41. The molecule has 2 heterocycles. The highest BCUT2D eigenvalue weighted by Crippen LogP contribution is 2.34. The average Bonchev–Trinajstić information content (AvgIpc) is 3.19. The molecule has 1 aliphatic rings. The van der Waals surface area contributed by atoms with Crippen molar-refractivity contribution in [2.45, 2.75) is 19.9 Å². The summed E-state index contributed by atoms with van der Waals surface area (Å²) >= 11 is 0.814. The number of aryl methyl sites for hydroxylation is 1. The molecule has 8 heteroatoms. The van der Waals surface area contributed by atoms with Gasteiger partial charge in [0, 0.05) is 17.6 Å². The molecule has 0 bridgehead atoms. The Balaban J connectivity index is 1.87. The van der Waals surface area contributed by atoms with E-state index in [-0.39, 0.29) is 4.91 Å². The van der Waals surface area contributed by atoms with Crippen LogP contribution in [0.1, 0.15) is 18.2 Å². The van der Waals surface area contributed by atoms with E-state index in [1.807, 2.05) is 48.0 Å². The minimum atomic E-state index is -0.964. The van der Waals surface area contributed by atoms with Gasteiger partial charge >= 0.3 is 5.97 Å². The van der Waals surface area contributed by atoms with Crippen LogP contribution in [0.2, 0.25) is 0 Å². The summed E-state index contributed by atoms with van der Waals surface area (Å²) in [6, 6.07) is 8.56. The fourth-order valence-electron chi connectivity index (χ4n) is 2.94. The Morgan fingerprint density at radius 2 is 1.86 bits per heavy atom. The van der Waals surface area contributed by atoms with Gasteiger partial charge in [-0.3, -0.25) is 14.5 Å². The summed E-state index contributed by atoms with van der Waals surface area (Å²) < 4.78 is 11.8. The van der Waals surface area contributed by atoms with Gasteiger partial charge in [-0.1, -0.05) is 0 Å². The zero-order valence-electron chi connectivity index (χ0n) is 16.0. The molecule has 1 aliphatic heterocycles. The van der Waals surface area contributed by atoms with E-state index in [4.69, 9.17) is 4.74 Å². The van der Waals surface area contributed by atoms with E-state index in [9.17, 15) is 14.4 Å². The van der Waals surface area contributed by atoms with Gasteiger partial charge in [0.05, 0.1) is 19.1 Å². The van der Waals surface area contributed by atoms with E-state index in [2.05, 4.69) is 4.74 Å². The molecule has 28 heavy (non-hydrogen) atoms. The number of ether oxygens (including phenoxy) is 2. The molecule has 1 atom stereocenters. The maximum absolute atomic E-state index is 12.6. The molecule has 1 saturated heterocycles. The van der Waals surface area contributed by atoms with Crippen molar-refractivity contribution in [1.29, 1.82) is 0 Å². The van der Waals surface area contributed by atoms with Crippen LogP contribution in [0.25, 0.3) is 11.8 Å². The molecular formula is C20H20N2O5S. The number of thioether (sulfide) groups is 1. The second-order valence-corrected chi connectivity index (χ2v) is 7.23. The summed E-state index contributed by atoms with van der Waals surface area (Å²) in [7, 11) is 2.83. The van der Waals surface area contributed by atoms with E-state index < -0.39 is 23.2 Å². The molecule has 1 unspecified atom stereocenters. The zero-order chi connectivity index (χ0) is 20.4. The Kier molecular flexibility index (Phi) is 5.60. The summed E-state index contributed by atoms with van der Waals surface area (Å²) in [6.45, 7) is 3.42. The highest BCUT2D eigenvalue weighted by molar-refractivity contribution is 8.18. The lowest BCUT2D eigenvalue weighted by Gasteiger charge is -2.18. The molecule has 146 valence electrons. The molecule has 7 nitrogen and oxygen atoms in total. The van der Waals surface area contributed by atoms with Crippen molar-refractivity contribution in [3.8, 4) is 11.4 Å². The van der Waals surface area contributed by atoms with Crippen molar-refractivity contribution >= 4 is 35.0 Å². The Morgan fingerprint density at radius 3 is 2.46 bits per heavy atom. The molecule has 0 N–H and O–H groups in total. The third-order valence-electron chi connectivity index (χ3n) is 4.44. The van der Waals surface area contributed by atoms with Crippen molar-refractivity contribution in [2.24, 2.45) is 0 Å². The quantitative estimate of drug-likeness (QED) is 0.566. The standard InChI is InChI=1S/C20H20N2O5S/c1-12-9-14(11-21(12)15-5-7-16(26-3)8-6-15)10-17-18(23)22(20(25)28-17)13(2)19(24)27-4/h5-11,13H,1-4H3/b17-10-. The van der Waals surface area contributed by atoms with E-state index in [1.54, 1.807) is 13.2 Å². The maximum atomic E-state index is 12.6. The number of hydrogen-bond donors (Lipinski definition) is 0. The summed E-state index contributed by atoms with van der Waals surface area (Å²) in [5.74, 6) is -0.366. The van der Waals surface area contributed by atoms with E-state index >= 15 is 0 Å². The molecule has 1 aromatic carbocycles. The lowest BCUT2D eigenvalue weighted by Crippen LogP contribution is -2.42. The van der Waals surface area contributed by atoms with Gasteiger partial charge in [0.15, 0.2) is 0 Å². The number of methoxy groups -OCH3 is 2. The summed E-state index contributed by atoms with van der Waals surface area (Å²) in [6.07, 6.45) is 3.54. The zero-order valence-corrected chi connectivity index (χ0v) is 16.8. The Labute approximate surface area is 166 Å². The Hall–Kier alpha value is -3.00. The van der Waals surface area contributed by atoms with Gasteiger partial charge in [-0.2, -0.15) is 0 Å². The van der Waals surface area contributed by atoms with Crippen LogP contribution >= 0.6 is 11.8 Å². The smallest absolute Gasteiger partial charge is 0.328 e.